The molecule has 4 aliphatic carbocycles. The summed E-state index contributed by atoms with van der Waals surface area (Å²) in [6, 6.07) is 31.2. The third-order valence-electron chi connectivity index (χ3n) is 16.9. The molecule has 0 aromatic heterocycles. The smallest absolute Gasteiger partial charge is 0.344 e. The third kappa shape index (κ3) is 23.8. The number of ether oxygens (including phenoxy) is 7. The second-order valence-corrected chi connectivity index (χ2v) is 22.9. The fourth-order valence-corrected chi connectivity index (χ4v) is 12.9. The molecular formula is C69H95O16Pd-. The SMILES string of the molecule is CCCCC[C@@H](CC[C@@H]1[C@H]2Cc3cccc(OCC(=O)O)c3C[C@H]2C[C@H]1O)OC(=O)CO.CCCCC[C@@H](CC[C@@H]1[C@H]2Cc3cccc(OCC(=O)OCc4ccccc4)c3C[C@H]2C[C@H]1O)OC(=O)COCc1ccccc1.CCOC(C)=O.[CH3-].[Pd]. The first-order valence-electron chi connectivity index (χ1n) is 30.7. The van der Waals surface area contributed by atoms with Gasteiger partial charge in [-0.2, -0.15) is 0 Å². The summed E-state index contributed by atoms with van der Waals surface area (Å²) in [5.74, 6) is 0.496. The van der Waals surface area contributed by atoms with Crippen molar-refractivity contribution in [2.24, 2.45) is 35.5 Å². The first-order chi connectivity index (χ1) is 40.7. The predicted molar refractivity (Wildman–Crippen MR) is 323 cm³/mol. The Morgan fingerprint density at radius 2 is 1.02 bits per heavy atom. The molecule has 4 aromatic rings. The average Bonchev–Trinajstić information content (AvgIpc) is 1.80. The Labute approximate surface area is 524 Å². The summed E-state index contributed by atoms with van der Waals surface area (Å²) in [5, 5.41) is 40.0. The maximum atomic E-state index is 12.7. The summed E-state index contributed by atoms with van der Waals surface area (Å²) in [5.41, 5.74) is 6.54. The van der Waals surface area contributed by atoms with Gasteiger partial charge in [-0.1, -0.05) is 124 Å². The van der Waals surface area contributed by atoms with Crippen molar-refractivity contribution in [3.8, 4) is 11.5 Å². The zero-order valence-electron chi connectivity index (χ0n) is 51.2. The molecule has 478 valence electrons. The van der Waals surface area contributed by atoms with Gasteiger partial charge in [0.25, 0.3) is 0 Å². The number of aliphatic hydroxyl groups is 3. The maximum absolute atomic E-state index is 12.7. The van der Waals surface area contributed by atoms with Crippen molar-refractivity contribution in [1.29, 1.82) is 0 Å². The standard InChI is InChI=1S/C39H48O7.C25H36O7.C4H8O2.CH3.Pd/c1-2-3-6-17-32(46-39(42)26-43-24-28-12-7-4-8-13-28)19-20-33-34-21-30-16-11-18-37(35(30)22-31(34)23-36(33)40)44-27-38(41)45-25-29-14-9-5-10-15-29;1-2-3-4-7-18(32-25(30)14-26)9-10-19-20-11-16-6-5-8-23(31-15-24(28)29)21(16)12-17(20)13-22(19)27;1-3-6-4(2)5;;/h4-5,7-16,18,31-34,36,40H,2-3,6,17,19-27H2,1H3;5-6,8,17-20,22,26-27H,2-4,7,9-15H2,1H3,(H,28,29);3H2,1-2H3;1H3;/q;;;-1;/t31-,32-,33+,34-,36+;17-,18-,19+,20-,22+;;;/m00.../s1. The number of esters is 4. The van der Waals surface area contributed by atoms with E-state index in [-0.39, 0.29) is 96.4 Å². The van der Waals surface area contributed by atoms with Crippen LogP contribution in [0.5, 0.6) is 11.5 Å². The summed E-state index contributed by atoms with van der Waals surface area (Å²) in [7, 11) is 0. The number of hydrogen-bond acceptors (Lipinski definition) is 15. The van der Waals surface area contributed by atoms with Gasteiger partial charge in [0.15, 0.2) is 13.2 Å². The van der Waals surface area contributed by atoms with E-state index in [1.165, 1.54) is 18.1 Å². The molecule has 10 atom stereocenters. The molecule has 2 fully saturated rings. The van der Waals surface area contributed by atoms with Crippen molar-refractivity contribution in [1.82, 2.24) is 0 Å². The van der Waals surface area contributed by atoms with E-state index in [0.29, 0.717) is 49.1 Å². The van der Waals surface area contributed by atoms with Gasteiger partial charge in [0.2, 0.25) is 0 Å². The molecule has 86 heavy (non-hydrogen) atoms. The maximum Gasteiger partial charge on any atom is 0.344 e. The van der Waals surface area contributed by atoms with Crippen LogP contribution in [0.1, 0.15) is 151 Å². The molecule has 17 heteroatoms. The van der Waals surface area contributed by atoms with E-state index in [4.69, 9.17) is 38.6 Å². The Balaban J connectivity index is 0.000000346. The Morgan fingerprint density at radius 3 is 1.47 bits per heavy atom. The van der Waals surface area contributed by atoms with Crippen LogP contribution in [0.25, 0.3) is 0 Å². The Morgan fingerprint density at radius 1 is 0.547 bits per heavy atom. The quantitative estimate of drug-likeness (QED) is 0.0125. The summed E-state index contributed by atoms with van der Waals surface area (Å²) in [4.78, 5) is 57.5. The van der Waals surface area contributed by atoms with Crippen molar-refractivity contribution in [2.75, 3.05) is 33.0 Å². The first kappa shape index (κ1) is 72.8. The van der Waals surface area contributed by atoms with Crippen LogP contribution < -0.4 is 9.47 Å². The molecule has 8 rings (SSSR count). The molecule has 4 aromatic carbocycles. The van der Waals surface area contributed by atoms with Gasteiger partial charge >= 0.3 is 29.8 Å². The molecule has 0 bridgehead atoms. The number of aliphatic carboxylic acids is 1. The molecule has 0 unspecified atom stereocenters. The minimum Gasteiger partial charge on any atom is -0.482 e. The van der Waals surface area contributed by atoms with E-state index in [1.54, 1.807) is 6.92 Å². The van der Waals surface area contributed by atoms with Gasteiger partial charge in [0.05, 0.1) is 25.4 Å². The summed E-state index contributed by atoms with van der Waals surface area (Å²) < 4.78 is 38.3. The second-order valence-electron chi connectivity index (χ2n) is 22.9. The number of benzene rings is 4. The molecule has 4 N–H and O–H groups in total. The molecular weight excluding hydrogens is 1190 g/mol. The average molecular weight is 1290 g/mol. The fourth-order valence-electron chi connectivity index (χ4n) is 12.9. The van der Waals surface area contributed by atoms with Crippen LogP contribution in [0.3, 0.4) is 0 Å². The molecule has 0 saturated heterocycles. The van der Waals surface area contributed by atoms with Gasteiger partial charge in [-0.3, -0.25) is 4.79 Å². The third-order valence-corrected chi connectivity index (χ3v) is 16.9. The summed E-state index contributed by atoms with van der Waals surface area (Å²) >= 11 is 0. The monoisotopic (exact) mass is 1290 g/mol. The number of unbranched alkanes of at least 4 members (excludes halogenated alkanes) is 4. The van der Waals surface area contributed by atoms with Crippen LogP contribution in [0.2, 0.25) is 0 Å². The van der Waals surface area contributed by atoms with Crippen molar-refractivity contribution >= 4 is 29.8 Å². The minimum atomic E-state index is -0.997. The topological polar surface area (TPSA) is 231 Å². The van der Waals surface area contributed by atoms with E-state index in [2.05, 4.69) is 30.7 Å². The zero-order valence-corrected chi connectivity index (χ0v) is 52.7. The van der Waals surface area contributed by atoms with Crippen LogP contribution >= 0.6 is 0 Å². The van der Waals surface area contributed by atoms with E-state index >= 15 is 0 Å². The number of hydrogen-bond donors (Lipinski definition) is 4. The molecule has 0 heterocycles. The van der Waals surface area contributed by atoms with Crippen LogP contribution in [0, 0.1) is 42.9 Å². The number of rotatable bonds is 30. The normalized spacial score (nSPS) is 20.9. The van der Waals surface area contributed by atoms with Gasteiger partial charge in [0, 0.05) is 27.3 Å². The zero-order chi connectivity index (χ0) is 60.2. The molecule has 0 aliphatic heterocycles. The molecule has 0 amide bonds. The molecule has 0 radical (unpaired) electrons. The Bertz CT molecular complexity index is 2630. The Kier molecular flexibility index (Phi) is 33.2. The van der Waals surface area contributed by atoms with Crippen LogP contribution in [-0.2, 0) is 107 Å². The number of fused-ring (bicyclic) bond motifs is 4. The molecule has 16 nitrogen and oxygen atoms in total. The molecule has 2 saturated carbocycles. The fraction of sp³-hybridized carbons (Fsp3) is 0.565. The predicted octanol–water partition coefficient (Wildman–Crippen LogP) is 11.2. The minimum absolute atomic E-state index is 0. The summed E-state index contributed by atoms with van der Waals surface area (Å²) in [6.45, 7) is 7.37. The largest absolute Gasteiger partial charge is 0.482 e. The van der Waals surface area contributed by atoms with Gasteiger partial charge in [0.1, 0.15) is 43.5 Å². The van der Waals surface area contributed by atoms with Crippen molar-refractivity contribution in [2.45, 2.75) is 181 Å². The number of carbonyl (C=O) groups excluding carboxylic acids is 4. The molecule has 4 aliphatic rings. The van der Waals surface area contributed by atoms with Gasteiger partial charge in [-0.05, 0) is 178 Å². The van der Waals surface area contributed by atoms with E-state index in [0.717, 1.165) is 137 Å². The van der Waals surface area contributed by atoms with Crippen molar-refractivity contribution < 1.29 is 98.0 Å². The van der Waals surface area contributed by atoms with Crippen molar-refractivity contribution in [3.05, 3.63) is 138 Å². The number of carboxylic acid groups (broad SMARTS) is 1. The van der Waals surface area contributed by atoms with Crippen molar-refractivity contribution in [3.63, 3.8) is 0 Å². The van der Waals surface area contributed by atoms with E-state index < -0.39 is 30.6 Å². The van der Waals surface area contributed by atoms with Gasteiger partial charge < -0.3 is 61.0 Å². The number of carboxylic acids is 1. The van der Waals surface area contributed by atoms with Crippen LogP contribution in [-0.4, -0.2) is 108 Å². The van der Waals surface area contributed by atoms with E-state index in [9.17, 15) is 34.2 Å². The molecule has 0 spiro atoms. The van der Waals surface area contributed by atoms with Crippen LogP contribution in [0.15, 0.2) is 97.1 Å². The van der Waals surface area contributed by atoms with Gasteiger partial charge in [-0.15, -0.1) is 0 Å². The van der Waals surface area contributed by atoms with Crippen LogP contribution in [0.4, 0.5) is 0 Å². The number of carbonyl (C=O) groups is 5. The first-order valence-corrected chi connectivity index (χ1v) is 30.7. The van der Waals surface area contributed by atoms with E-state index in [1.807, 2.05) is 84.9 Å². The van der Waals surface area contributed by atoms with Gasteiger partial charge in [-0.25, -0.2) is 19.2 Å². The Hall–Kier alpha value is -5.67. The number of aliphatic hydroxyl groups excluding tert-OH is 3. The second kappa shape index (κ2) is 39.3. The summed E-state index contributed by atoms with van der Waals surface area (Å²) in [6.07, 6.45) is 14.6.